The Morgan fingerprint density at radius 2 is 1.88 bits per heavy atom. The maximum Gasteiger partial charge on any atom is 0.255 e. The highest BCUT2D eigenvalue weighted by Crippen LogP contribution is 2.35. The minimum atomic E-state index is -0.643. The number of anilines is 1. The topological polar surface area (TPSA) is 29.5 Å². The van der Waals surface area contributed by atoms with Crippen LogP contribution < -0.4 is 4.90 Å². The summed E-state index contributed by atoms with van der Waals surface area (Å²) < 4.78 is 5.26. The van der Waals surface area contributed by atoms with E-state index in [4.69, 9.17) is 39.5 Å². The minimum Gasteiger partial charge on any atom is -0.378 e. The molecule has 0 saturated carbocycles. The minimum absolute atomic E-state index is 0.166. The first-order valence-electron chi connectivity index (χ1n) is 5.12. The van der Waals surface area contributed by atoms with Crippen LogP contribution in [-0.2, 0) is 4.74 Å². The molecule has 0 aliphatic carbocycles. The van der Waals surface area contributed by atoms with Crippen molar-refractivity contribution in [2.45, 2.75) is 0 Å². The zero-order valence-corrected chi connectivity index (χ0v) is 11.1. The molecular weight excluding hydrogens is 284 g/mol. The summed E-state index contributed by atoms with van der Waals surface area (Å²) in [5.74, 6) is 0. The first-order valence-corrected chi connectivity index (χ1v) is 6.25. The van der Waals surface area contributed by atoms with E-state index in [0.717, 1.165) is 18.8 Å². The van der Waals surface area contributed by atoms with Crippen LogP contribution in [0.3, 0.4) is 0 Å². The predicted octanol–water partition coefficient (Wildman–Crippen LogP) is 3.21. The van der Waals surface area contributed by atoms with Crippen LogP contribution in [0, 0.1) is 0 Å². The summed E-state index contributed by atoms with van der Waals surface area (Å²) in [6.45, 7) is 2.75. The fourth-order valence-corrected chi connectivity index (χ4v) is 2.72. The number of morpholine rings is 1. The highest BCUT2D eigenvalue weighted by molar-refractivity contribution is 6.70. The normalized spacial score (nSPS) is 16.1. The summed E-state index contributed by atoms with van der Waals surface area (Å²) >= 11 is 17.5. The molecule has 3 nitrogen and oxygen atoms in total. The molecule has 1 aromatic rings. The third kappa shape index (κ3) is 2.68. The Morgan fingerprint density at radius 1 is 1.24 bits per heavy atom. The van der Waals surface area contributed by atoms with Crippen molar-refractivity contribution in [2.75, 3.05) is 31.2 Å². The second-order valence-electron chi connectivity index (χ2n) is 3.63. The number of carbonyl (C=O) groups excluding carboxylic acids is 1. The Bertz CT molecular complexity index is 445. The van der Waals surface area contributed by atoms with Gasteiger partial charge in [-0.1, -0.05) is 23.2 Å². The van der Waals surface area contributed by atoms with Crippen molar-refractivity contribution in [1.29, 1.82) is 0 Å². The Kier molecular flexibility index (Phi) is 4.15. The highest BCUT2D eigenvalue weighted by Gasteiger charge is 2.20. The van der Waals surface area contributed by atoms with Gasteiger partial charge in [0.1, 0.15) is 0 Å². The summed E-state index contributed by atoms with van der Waals surface area (Å²) in [4.78, 5) is 13.3. The Balaban J connectivity index is 2.41. The van der Waals surface area contributed by atoms with Gasteiger partial charge in [-0.15, -0.1) is 0 Å². The highest BCUT2D eigenvalue weighted by atomic mass is 35.5. The van der Waals surface area contributed by atoms with Gasteiger partial charge in [0.25, 0.3) is 5.24 Å². The average molecular weight is 295 g/mol. The molecule has 0 spiro atoms. The van der Waals surface area contributed by atoms with Crippen LogP contribution in [0.1, 0.15) is 10.4 Å². The number of hydrogen-bond acceptors (Lipinski definition) is 3. The SMILES string of the molecule is O=C(Cl)c1c(Cl)ccc(N2CCOCC2)c1Cl. The van der Waals surface area contributed by atoms with Crippen LogP contribution in [0.2, 0.25) is 10.0 Å². The van der Waals surface area contributed by atoms with Gasteiger partial charge in [-0.2, -0.15) is 0 Å². The smallest absolute Gasteiger partial charge is 0.255 e. The van der Waals surface area contributed by atoms with E-state index in [1.54, 1.807) is 12.1 Å². The molecule has 0 N–H and O–H groups in total. The number of rotatable bonds is 2. The van der Waals surface area contributed by atoms with Crippen LogP contribution in [0.25, 0.3) is 0 Å². The fraction of sp³-hybridized carbons (Fsp3) is 0.364. The number of benzene rings is 1. The second-order valence-corrected chi connectivity index (χ2v) is 4.76. The lowest BCUT2D eigenvalue weighted by molar-refractivity contribution is 0.108. The van der Waals surface area contributed by atoms with Crippen molar-refractivity contribution < 1.29 is 9.53 Å². The summed E-state index contributed by atoms with van der Waals surface area (Å²) in [6, 6.07) is 3.42. The molecule has 0 aromatic heterocycles. The molecule has 0 unspecified atom stereocenters. The molecule has 0 radical (unpaired) electrons. The number of ether oxygens (including phenoxy) is 1. The fourth-order valence-electron chi connectivity index (χ4n) is 1.77. The van der Waals surface area contributed by atoms with E-state index in [2.05, 4.69) is 0 Å². The van der Waals surface area contributed by atoms with E-state index in [0.29, 0.717) is 18.2 Å². The zero-order valence-electron chi connectivity index (χ0n) is 8.88. The van der Waals surface area contributed by atoms with Crippen molar-refractivity contribution in [1.82, 2.24) is 0 Å². The summed E-state index contributed by atoms with van der Waals surface area (Å²) in [6.07, 6.45) is 0. The molecule has 17 heavy (non-hydrogen) atoms. The molecule has 1 heterocycles. The number of carbonyl (C=O) groups is 1. The molecule has 1 fully saturated rings. The molecule has 1 aliphatic rings. The van der Waals surface area contributed by atoms with Gasteiger partial charge < -0.3 is 9.64 Å². The van der Waals surface area contributed by atoms with Crippen LogP contribution in [0.4, 0.5) is 5.69 Å². The molecule has 0 bridgehead atoms. The van der Waals surface area contributed by atoms with Crippen LogP contribution in [0.15, 0.2) is 12.1 Å². The van der Waals surface area contributed by atoms with Crippen molar-refractivity contribution in [2.24, 2.45) is 0 Å². The van der Waals surface area contributed by atoms with E-state index in [1.165, 1.54) is 0 Å². The average Bonchev–Trinajstić information content (AvgIpc) is 2.30. The largest absolute Gasteiger partial charge is 0.378 e. The van der Waals surface area contributed by atoms with Gasteiger partial charge >= 0.3 is 0 Å². The second kappa shape index (κ2) is 5.44. The molecule has 1 saturated heterocycles. The maximum atomic E-state index is 11.3. The first kappa shape index (κ1) is 13.0. The van der Waals surface area contributed by atoms with Gasteiger partial charge in [0.05, 0.1) is 34.5 Å². The maximum absolute atomic E-state index is 11.3. The van der Waals surface area contributed by atoms with Crippen molar-refractivity contribution in [3.05, 3.63) is 27.7 Å². The molecule has 0 amide bonds. The number of hydrogen-bond donors (Lipinski definition) is 0. The summed E-state index contributed by atoms with van der Waals surface area (Å²) in [7, 11) is 0. The number of nitrogens with zero attached hydrogens (tertiary/aromatic N) is 1. The van der Waals surface area contributed by atoms with Gasteiger partial charge in [0.2, 0.25) is 0 Å². The third-order valence-corrected chi connectivity index (χ3v) is 3.51. The van der Waals surface area contributed by atoms with Crippen LogP contribution >= 0.6 is 34.8 Å². The quantitative estimate of drug-likeness (QED) is 0.785. The predicted molar refractivity (Wildman–Crippen MR) is 69.7 cm³/mol. The van der Waals surface area contributed by atoms with Gasteiger partial charge in [0.15, 0.2) is 0 Å². The first-order chi connectivity index (χ1) is 8.11. The van der Waals surface area contributed by atoms with E-state index >= 15 is 0 Å². The molecule has 6 heteroatoms. The standard InChI is InChI=1S/C11H10Cl3NO2/c12-7-1-2-8(10(13)9(7)11(14)16)15-3-5-17-6-4-15/h1-2H,3-6H2. The van der Waals surface area contributed by atoms with E-state index in [9.17, 15) is 4.79 Å². The summed E-state index contributed by atoms with van der Waals surface area (Å²) in [5.41, 5.74) is 0.933. The molecule has 2 rings (SSSR count). The Labute approximate surface area is 114 Å². The lowest BCUT2D eigenvalue weighted by Gasteiger charge is -2.30. The Morgan fingerprint density at radius 3 is 2.47 bits per heavy atom. The lowest BCUT2D eigenvalue weighted by Crippen LogP contribution is -2.36. The lowest BCUT2D eigenvalue weighted by atomic mass is 10.2. The van der Waals surface area contributed by atoms with Gasteiger partial charge in [-0.3, -0.25) is 4.79 Å². The van der Waals surface area contributed by atoms with E-state index < -0.39 is 5.24 Å². The molecule has 92 valence electrons. The Hall–Kier alpha value is -0.480. The summed E-state index contributed by atoms with van der Waals surface area (Å²) in [5, 5.41) is -0.0680. The third-order valence-electron chi connectivity index (χ3n) is 2.62. The molecule has 0 atom stereocenters. The molecule has 1 aliphatic heterocycles. The van der Waals surface area contributed by atoms with Crippen molar-refractivity contribution in [3.63, 3.8) is 0 Å². The monoisotopic (exact) mass is 293 g/mol. The van der Waals surface area contributed by atoms with Gasteiger partial charge in [-0.25, -0.2) is 0 Å². The van der Waals surface area contributed by atoms with Gasteiger partial charge in [-0.05, 0) is 23.7 Å². The van der Waals surface area contributed by atoms with Crippen LogP contribution in [0.5, 0.6) is 0 Å². The van der Waals surface area contributed by atoms with E-state index in [1.807, 2.05) is 4.90 Å². The number of halogens is 3. The molecular formula is C11H10Cl3NO2. The molecule has 1 aromatic carbocycles. The van der Waals surface area contributed by atoms with E-state index in [-0.39, 0.29) is 10.6 Å². The zero-order chi connectivity index (χ0) is 12.4. The van der Waals surface area contributed by atoms with Crippen LogP contribution in [-0.4, -0.2) is 31.5 Å². The van der Waals surface area contributed by atoms with Crippen molar-refractivity contribution >= 4 is 45.7 Å². The van der Waals surface area contributed by atoms with Crippen molar-refractivity contribution in [3.8, 4) is 0 Å². The van der Waals surface area contributed by atoms with Gasteiger partial charge in [0, 0.05) is 13.1 Å².